The zero-order valence-electron chi connectivity index (χ0n) is 13.6. The maximum Gasteiger partial charge on any atom is 0.229 e. The first-order valence-electron chi connectivity index (χ1n) is 8.83. The molecule has 0 amide bonds. The summed E-state index contributed by atoms with van der Waals surface area (Å²) in [5.41, 5.74) is 1.28. The van der Waals surface area contributed by atoms with Crippen molar-refractivity contribution in [2.24, 2.45) is 0 Å². The molecule has 5 rings (SSSR count). The Morgan fingerprint density at radius 1 is 1.08 bits per heavy atom. The molecule has 2 aliphatic heterocycles. The molecule has 1 atom stereocenters. The Kier molecular flexibility index (Phi) is 3.43. The molecule has 1 saturated carbocycles. The van der Waals surface area contributed by atoms with Gasteiger partial charge in [0, 0.05) is 12.0 Å². The van der Waals surface area contributed by atoms with E-state index in [4.69, 9.17) is 14.0 Å². The van der Waals surface area contributed by atoms with E-state index in [-0.39, 0.29) is 0 Å². The molecule has 0 radical (unpaired) electrons. The highest BCUT2D eigenvalue weighted by molar-refractivity contribution is 5.44. The molecule has 0 spiro atoms. The minimum absolute atomic E-state index is 0.378. The van der Waals surface area contributed by atoms with E-state index in [1.807, 2.05) is 6.07 Å². The van der Waals surface area contributed by atoms with Crippen LogP contribution in [0.4, 0.5) is 0 Å². The Morgan fingerprint density at radius 3 is 2.83 bits per heavy atom. The molecule has 6 heteroatoms. The van der Waals surface area contributed by atoms with Gasteiger partial charge in [-0.3, -0.25) is 4.90 Å². The summed E-state index contributed by atoms with van der Waals surface area (Å²) in [6.45, 7) is 3.06. The maximum atomic E-state index is 5.73. The van der Waals surface area contributed by atoms with Crippen molar-refractivity contribution in [3.05, 3.63) is 35.5 Å². The van der Waals surface area contributed by atoms with Crippen LogP contribution in [0.2, 0.25) is 0 Å². The Morgan fingerprint density at radius 2 is 1.96 bits per heavy atom. The predicted molar refractivity (Wildman–Crippen MR) is 86.1 cm³/mol. The Hall–Kier alpha value is -2.08. The van der Waals surface area contributed by atoms with E-state index in [0.29, 0.717) is 25.2 Å². The monoisotopic (exact) mass is 327 g/mol. The summed E-state index contributed by atoms with van der Waals surface area (Å²) >= 11 is 0. The summed E-state index contributed by atoms with van der Waals surface area (Å²) in [5, 5.41) is 4.17. The van der Waals surface area contributed by atoms with Crippen molar-refractivity contribution in [2.75, 3.05) is 19.8 Å². The number of ether oxygens (including phenoxy) is 2. The molecule has 1 aliphatic carbocycles. The van der Waals surface area contributed by atoms with Crippen LogP contribution >= 0.6 is 0 Å². The quantitative estimate of drug-likeness (QED) is 0.860. The van der Waals surface area contributed by atoms with Gasteiger partial charge in [-0.15, -0.1) is 0 Å². The number of hydrogen-bond acceptors (Lipinski definition) is 6. The zero-order valence-corrected chi connectivity index (χ0v) is 13.6. The number of rotatable bonds is 4. The molecule has 126 valence electrons. The molecule has 0 bridgehead atoms. The van der Waals surface area contributed by atoms with Crippen LogP contribution < -0.4 is 9.47 Å². The molecule has 6 nitrogen and oxygen atoms in total. The maximum absolute atomic E-state index is 5.73. The Balaban J connectivity index is 1.34. The third kappa shape index (κ3) is 2.65. The minimum Gasteiger partial charge on any atom is -0.486 e. The molecule has 1 saturated heterocycles. The summed E-state index contributed by atoms with van der Waals surface area (Å²) in [5.74, 6) is 3.85. The fourth-order valence-electron chi connectivity index (χ4n) is 3.67. The van der Waals surface area contributed by atoms with Crippen molar-refractivity contribution < 1.29 is 14.0 Å². The average Bonchev–Trinajstić information content (AvgIpc) is 3.19. The molecule has 1 aromatic carbocycles. The summed E-state index contributed by atoms with van der Waals surface area (Å²) in [6, 6.07) is 6.69. The van der Waals surface area contributed by atoms with Crippen molar-refractivity contribution >= 4 is 0 Å². The van der Waals surface area contributed by atoms with Gasteiger partial charge in [0.1, 0.15) is 13.2 Å². The van der Waals surface area contributed by atoms with Crippen LogP contribution in [0, 0.1) is 0 Å². The Bertz CT molecular complexity index is 741. The Labute approximate surface area is 140 Å². The first kappa shape index (κ1) is 14.3. The molecule has 3 heterocycles. The van der Waals surface area contributed by atoms with E-state index < -0.39 is 0 Å². The van der Waals surface area contributed by atoms with Gasteiger partial charge in [0.15, 0.2) is 17.3 Å². The lowest BCUT2D eigenvalue weighted by Crippen LogP contribution is -2.24. The van der Waals surface area contributed by atoms with Crippen molar-refractivity contribution in [2.45, 2.75) is 44.2 Å². The van der Waals surface area contributed by atoms with Crippen LogP contribution in [0.1, 0.15) is 54.9 Å². The van der Waals surface area contributed by atoms with Gasteiger partial charge in [-0.25, -0.2) is 0 Å². The van der Waals surface area contributed by atoms with Gasteiger partial charge in [0.25, 0.3) is 0 Å². The standard InChI is InChI=1S/C18H21N3O3/c1-2-14(13-5-6-15-16(10-13)23-9-8-22-15)21(7-1)11-17-19-18(24-20-17)12-3-4-12/h5-6,10,12,14H,1-4,7-9,11H2. The molecule has 2 fully saturated rings. The zero-order chi connectivity index (χ0) is 15.9. The molecule has 3 aliphatic rings. The lowest BCUT2D eigenvalue weighted by Gasteiger charge is -2.25. The number of hydrogen-bond donors (Lipinski definition) is 0. The average molecular weight is 327 g/mol. The van der Waals surface area contributed by atoms with Gasteiger partial charge in [0.05, 0.1) is 6.54 Å². The van der Waals surface area contributed by atoms with E-state index in [2.05, 4.69) is 27.2 Å². The van der Waals surface area contributed by atoms with Gasteiger partial charge >= 0.3 is 0 Å². The highest BCUT2D eigenvalue weighted by Gasteiger charge is 2.32. The van der Waals surface area contributed by atoms with Crippen molar-refractivity contribution in [3.63, 3.8) is 0 Å². The second-order valence-electron chi connectivity index (χ2n) is 6.85. The van der Waals surface area contributed by atoms with E-state index in [1.54, 1.807) is 0 Å². The summed E-state index contributed by atoms with van der Waals surface area (Å²) in [6.07, 6.45) is 4.70. The second-order valence-corrected chi connectivity index (χ2v) is 6.85. The SMILES string of the molecule is c1cc2c(cc1C1CCCN1Cc1noc(C3CC3)n1)OCCO2. The van der Waals surface area contributed by atoms with Crippen molar-refractivity contribution in [1.29, 1.82) is 0 Å². The smallest absolute Gasteiger partial charge is 0.229 e. The predicted octanol–water partition coefficient (Wildman–Crippen LogP) is 3.06. The third-order valence-corrected chi connectivity index (χ3v) is 5.07. The van der Waals surface area contributed by atoms with Gasteiger partial charge < -0.3 is 14.0 Å². The second kappa shape index (κ2) is 5.77. The van der Waals surface area contributed by atoms with Crippen LogP contribution in [0.25, 0.3) is 0 Å². The number of nitrogens with zero attached hydrogens (tertiary/aromatic N) is 3. The van der Waals surface area contributed by atoms with E-state index in [1.165, 1.54) is 24.8 Å². The molecular weight excluding hydrogens is 306 g/mol. The van der Waals surface area contributed by atoms with Crippen LogP contribution in [-0.2, 0) is 6.54 Å². The van der Waals surface area contributed by atoms with Crippen molar-refractivity contribution in [3.8, 4) is 11.5 Å². The molecule has 24 heavy (non-hydrogen) atoms. The minimum atomic E-state index is 0.378. The normalized spacial score (nSPS) is 23.6. The summed E-state index contributed by atoms with van der Waals surface area (Å²) in [4.78, 5) is 7.01. The molecule has 0 N–H and O–H groups in total. The lowest BCUT2D eigenvalue weighted by atomic mass is 10.0. The fraction of sp³-hybridized carbons (Fsp3) is 0.556. The largest absolute Gasteiger partial charge is 0.486 e. The first-order valence-corrected chi connectivity index (χ1v) is 8.83. The van der Waals surface area contributed by atoms with Gasteiger partial charge in [-0.1, -0.05) is 11.2 Å². The molecule has 2 aromatic rings. The highest BCUT2D eigenvalue weighted by atomic mass is 16.6. The van der Waals surface area contributed by atoms with Crippen LogP contribution in [0.5, 0.6) is 11.5 Å². The van der Waals surface area contributed by atoms with Crippen LogP contribution in [0.15, 0.2) is 22.7 Å². The van der Waals surface area contributed by atoms with Gasteiger partial charge in [-0.05, 0) is 49.9 Å². The first-order chi connectivity index (χ1) is 11.9. The third-order valence-electron chi connectivity index (χ3n) is 5.07. The number of benzene rings is 1. The van der Waals surface area contributed by atoms with E-state index in [0.717, 1.165) is 42.7 Å². The van der Waals surface area contributed by atoms with Gasteiger partial charge in [-0.2, -0.15) is 4.98 Å². The number of likely N-dealkylation sites (tertiary alicyclic amines) is 1. The summed E-state index contributed by atoms with van der Waals surface area (Å²) in [7, 11) is 0. The van der Waals surface area contributed by atoms with Crippen LogP contribution in [-0.4, -0.2) is 34.8 Å². The van der Waals surface area contributed by atoms with Crippen molar-refractivity contribution in [1.82, 2.24) is 15.0 Å². The van der Waals surface area contributed by atoms with Gasteiger partial charge in [0.2, 0.25) is 5.89 Å². The highest BCUT2D eigenvalue weighted by Crippen LogP contribution is 2.40. The van der Waals surface area contributed by atoms with E-state index >= 15 is 0 Å². The lowest BCUT2D eigenvalue weighted by molar-refractivity contribution is 0.170. The fourth-order valence-corrected chi connectivity index (χ4v) is 3.67. The number of fused-ring (bicyclic) bond motifs is 1. The topological polar surface area (TPSA) is 60.6 Å². The van der Waals surface area contributed by atoms with E-state index in [9.17, 15) is 0 Å². The molecule has 1 unspecified atom stereocenters. The summed E-state index contributed by atoms with van der Waals surface area (Å²) < 4.78 is 16.7. The molecular formula is C18H21N3O3. The number of aromatic nitrogens is 2. The van der Waals surface area contributed by atoms with Crippen LogP contribution in [0.3, 0.4) is 0 Å². The molecule has 1 aromatic heterocycles.